The van der Waals surface area contributed by atoms with Gasteiger partial charge in [0.2, 0.25) is 0 Å². The van der Waals surface area contributed by atoms with Crippen molar-refractivity contribution in [3.63, 3.8) is 0 Å². The molecule has 0 radical (unpaired) electrons. The lowest BCUT2D eigenvalue weighted by atomic mass is 10.1. The van der Waals surface area contributed by atoms with Gasteiger partial charge in [-0.25, -0.2) is 9.99 Å². The molecule has 1 aromatic rings. The Morgan fingerprint density at radius 1 is 1.48 bits per heavy atom. The number of nitrogens with zero attached hydrogens (tertiary/aromatic N) is 5. The molecule has 0 aliphatic carbocycles. The van der Waals surface area contributed by atoms with E-state index in [1.807, 2.05) is 19.1 Å². The zero-order chi connectivity index (χ0) is 15.2. The van der Waals surface area contributed by atoms with Gasteiger partial charge in [0.25, 0.3) is 0 Å². The molecular formula is C15H23N5O. The highest BCUT2D eigenvalue weighted by molar-refractivity contribution is 5.77. The number of aromatic nitrogens is 1. The number of likely N-dealkylation sites (tertiary alicyclic amines) is 1. The highest BCUT2D eigenvalue weighted by Crippen LogP contribution is 2.22. The number of aliphatic hydroxyl groups excluding tert-OH is 1. The average Bonchev–Trinajstić information content (AvgIpc) is 2.97. The Hall–Kier alpha value is -1.79. The maximum Gasteiger partial charge on any atom is 0.155 e. The monoisotopic (exact) mass is 289 g/mol. The lowest BCUT2D eigenvalue weighted by Gasteiger charge is -2.21. The molecule has 1 atom stereocenters. The first kappa shape index (κ1) is 15.6. The van der Waals surface area contributed by atoms with Crippen LogP contribution in [-0.4, -0.2) is 54.7 Å². The van der Waals surface area contributed by atoms with Gasteiger partial charge >= 0.3 is 0 Å². The van der Waals surface area contributed by atoms with E-state index in [1.54, 1.807) is 13.4 Å². The Labute approximate surface area is 125 Å². The second-order valence-corrected chi connectivity index (χ2v) is 5.23. The van der Waals surface area contributed by atoms with Crippen molar-refractivity contribution in [1.82, 2.24) is 9.88 Å². The minimum Gasteiger partial charge on any atom is -0.387 e. The number of aryl methyl sites for hydroxylation is 1. The van der Waals surface area contributed by atoms with Gasteiger partial charge < -0.3 is 10.0 Å². The first-order valence-corrected chi connectivity index (χ1v) is 7.22. The van der Waals surface area contributed by atoms with E-state index >= 15 is 0 Å². The smallest absolute Gasteiger partial charge is 0.155 e. The Bertz CT molecular complexity index is 511. The van der Waals surface area contributed by atoms with Crippen molar-refractivity contribution in [1.29, 1.82) is 0 Å². The molecule has 114 valence electrons. The molecule has 2 heterocycles. The number of aliphatic imine (C=N–C) groups is 1. The molecule has 0 saturated carbocycles. The predicted octanol–water partition coefficient (Wildman–Crippen LogP) is 1.60. The molecule has 21 heavy (non-hydrogen) atoms. The fraction of sp³-hybridized carbons (Fsp3) is 0.533. The van der Waals surface area contributed by atoms with Gasteiger partial charge in [-0.1, -0.05) is 6.07 Å². The Kier molecular flexibility index (Phi) is 5.41. The number of hydrogen-bond donors (Lipinski definition) is 1. The summed E-state index contributed by atoms with van der Waals surface area (Å²) in [5.74, 6) is 0.644. The standard InChI is InChI=1S/C15H23N5O/c1-12-13(14(21)10-19-8-4-5-9-19)6-7-15(18-12)20(17-3)11-16-2/h6-7,11,14,21H,3-5,8-10H2,1-2H3/b16-11-. The lowest BCUT2D eigenvalue weighted by Crippen LogP contribution is -2.26. The summed E-state index contributed by atoms with van der Waals surface area (Å²) in [5.41, 5.74) is 1.67. The topological polar surface area (TPSA) is 64.3 Å². The van der Waals surface area contributed by atoms with Crippen LogP contribution < -0.4 is 5.01 Å². The molecule has 1 aliphatic heterocycles. The van der Waals surface area contributed by atoms with Crippen LogP contribution in [-0.2, 0) is 0 Å². The largest absolute Gasteiger partial charge is 0.387 e. The zero-order valence-corrected chi connectivity index (χ0v) is 12.7. The second-order valence-electron chi connectivity index (χ2n) is 5.23. The molecule has 6 heteroatoms. The molecule has 1 aliphatic rings. The fourth-order valence-corrected chi connectivity index (χ4v) is 2.62. The molecule has 1 N–H and O–H groups in total. The van der Waals surface area contributed by atoms with Crippen LogP contribution in [0.4, 0.5) is 5.82 Å². The van der Waals surface area contributed by atoms with E-state index in [9.17, 15) is 5.11 Å². The quantitative estimate of drug-likeness (QED) is 0.491. The summed E-state index contributed by atoms with van der Waals surface area (Å²) in [4.78, 5) is 10.7. The summed E-state index contributed by atoms with van der Waals surface area (Å²) in [6.07, 6.45) is 3.49. The van der Waals surface area contributed by atoms with E-state index in [0.717, 1.165) is 24.3 Å². The van der Waals surface area contributed by atoms with Crippen LogP contribution in [0.5, 0.6) is 0 Å². The Morgan fingerprint density at radius 2 is 2.19 bits per heavy atom. The van der Waals surface area contributed by atoms with Crippen LogP contribution in [0.3, 0.4) is 0 Å². The minimum atomic E-state index is -0.505. The molecule has 1 aromatic heterocycles. The van der Waals surface area contributed by atoms with Gasteiger partial charge in [-0.05, 0) is 38.9 Å². The third-order valence-corrected chi connectivity index (χ3v) is 3.71. The van der Waals surface area contributed by atoms with Crippen molar-refractivity contribution >= 4 is 18.9 Å². The third-order valence-electron chi connectivity index (χ3n) is 3.71. The molecule has 0 bridgehead atoms. The van der Waals surface area contributed by atoms with E-state index in [0.29, 0.717) is 12.4 Å². The van der Waals surface area contributed by atoms with Crippen molar-refractivity contribution in [2.75, 3.05) is 31.7 Å². The molecule has 1 fully saturated rings. The molecular weight excluding hydrogens is 266 g/mol. The second kappa shape index (κ2) is 7.28. The number of rotatable bonds is 6. The van der Waals surface area contributed by atoms with Crippen LogP contribution in [0.15, 0.2) is 22.2 Å². The number of hydrogen-bond acceptors (Lipinski definition) is 5. The number of β-amino-alcohol motifs (C(OH)–C–C–N with tert-alkyl or cyclic N) is 1. The van der Waals surface area contributed by atoms with Crippen LogP contribution in [0.25, 0.3) is 0 Å². The SMILES string of the molecule is C=NN(/C=N\C)c1ccc(C(O)CN2CCCC2)c(C)n1. The van der Waals surface area contributed by atoms with Crippen molar-refractivity contribution < 1.29 is 5.11 Å². The summed E-state index contributed by atoms with van der Waals surface area (Å²) in [5, 5.41) is 15.7. The van der Waals surface area contributed by atoms with Gasteiger partial charge in [-0.15, -0.1) is 0 Å². The summed E-state index contributed by atoms with van der Waals surface area (Å²) in [7, 11) is 1.67. The van der Waals surface area contributed by atoms with Crippen molar-refractivity contribution in [3.05, 3.63) is 23.4 Å². The van der Waals surface area contributed by atoms with Gasteiger partial charge in [0.05, 0.1) is 6.10 Å². The highest BCUT2D eigenvalue weighted by atomic mass is 16.3. The van der Waals surface area contributed by atoms with Gasteiger partial charge in [0, 0.05) is 31.6 Å². The molecule has 1 saturated heterocycles. The highest BCUT2D eigenvalue weighted by Gasteiger charge is 2.19. The third kappa shape index (κ3) is 3.86. The first-order chi connectivity index (χ1) is 10.2. The predicted molar refractivity (Wildman–Crippen MR) is 86.1 cm³/mol. The van der Waals surface area contributed by atoms with Crippen molar-refractivity contribution in [2.24, 2.45) is 10.1 Å². The molecule has 0 spiro atoms. The number of aliphatic hydroxyl groups is 1. The normalized spacial score (nSPS) is 17.3. The summed E-state index contributed by atoms with van der Waals surface area (Å²) in [6.45, 7) is 8.21. The summed E-state index contributed by atoms with van der Waals surface area (Å²) >= 11 is 0. The first-order valence-electron chi connectivity index (χ1n) is 7.22. The van der Waals surface area contributed by atoms with Gasteiger partial charge in [0.1, 0.15) is 6.34 Å². The van der Waals surface area contributed by atoms with Crippen LogP contribution >= 0.6 is 0 Å². The molecule has 1 unspecified atom stereocenters. The molecule has 6 nitrogen and oxygen atoms in total. The number of hydrazone groups is 1. The van der Waals surface area contributed by atoms with Crippen LogP contribution in [0, 0.1) is 6.92 Å². The van der Waals surface area contributed by atoms with Gasteiger partial charge in [-0.3, -0.25) is 4.99 Å². The number of anilines is 1. The molecule has 2 rings (SSSR count). The minimum absolute atomic E-state index is 0.505. The van der Waals surface area contributed by atoms with Crippen LogP contribution in [0.2, 0.25) is 0 Å². The number of pyridine rings is 1. The molecule has 0 aromatic carbocycles. The maximum atomic E-state index is 10.4. The molecule has 0 amide bonds. The maximum absolute atomic E-state index is 10.4. The Morgan fingerprint density at radius 3 is 2.76 bits per heavy atom. The van der Waals surface area contributed by atoms with E-state index in [1.165, 1.54) is 17.9 Å². The van der Waals surface area contributed by atoms with Gasteiger partial charge in [0.15, 0.2) is 5.82 Å². The van der Waals surface area contributed by atoms with E-state index in [2.05, 4.69) is 26.7 Å². The summed E-state index contributed by atoms with van der Waals surface area (Å²) < 4.78 is 0. The van der Waals surface area contributed by atoms with E-state index in [-0.39, 0.29) is 0 Å². The van der Waals surface area contributed by atoms with Crippen molar-refractivity contribution in [2.45, 2.75) is 25.9 Å². The van der Waals surface area contributed by atoms with Gasteiger partial charge in [-0.2, -0.15) is 5.10 Å². The summed E-state index contributed by atoms with van der Waals surface area (Å²) in [6, 6.07) is 3.73. The fourth-order valence-electron chi connectivity index (χ4n) is 2.62. The zero-order valence-electron chi connectivity index (χ0n) is 12.7. The van der Waals surface area contributed by atoms with Crippen molar-refractivity contribution in [3.8, 4) is 0 Å². The van der Waals surface area contributed by atoms with E-state index in [4.69, 9.17) is 0 Å². The Balaban J connectivity index is 2.12. The average molecular weight is 289 g/mol. The van der Waals surface area contributed by atoms with E-state index < -0.39 is 6.10 Å². The lowest BCUT2D eigenvalue weighted by molar-refractivity contribution is 0.125. The van der Waals surface area contributed by atoms with Crippen LogP contribution in [0.1, 0.15) is 30.2 Å².